The summed E-state index contributed by atoms with van der Waals surface area (Å²) in [5, 5.41) is 20.6. The Balaban J connectivity index is 1.65. The summed E-state index contributed by atoms with van der Waals surface area (Å²) in [5.74, 6) is -2.48. The molecular formula is C19H24O6. The first-order valence-corrected chi connectivity index (χ1v) is 9.18. The summed E-state index contributed by atoms with van der Waals surface area (Å²) in [6, 6.07) is 0. The Morgan fingerprint density at radius 1 is 1.28 bits per heavy atom. The topological polar surface area (TPSA) is 93.1 Å². The second-order valence-corrected chi connectivity index (χ2v) is 9.23. The van der Waals surface area contributed by atoms with Gasteiger partial charge in [-0.05, 0) is 51.5 Å². The largest absolute Gasteiger partial charge is 0.481 e. The molecule has 6 aliphatic rings. The summed E-state index contributed by atoms with van der Waals surface area (Å²) in [4.78, 5) is 24.4. The van der Waals surface area contributed by atoms with Gasteiger partial charge in [0.1, 0.15) is 11.5 Å². The van der Waals surface area contributed by atoms with Crippen molar-refractivity contribution in [1.29, 1.82) is 0 Å². The molecule has 0 radical (unpaired) electrons. The van der Waals surface area contributed by atoms with Gasteiger partial charge in [0.25, 0.3) is 0 Å². The van der Waals surface area contributed by atoms with Crippen LogP contribution in [-0.2, 0) is 19.1 Å². The molecule has 0 aromatic carbocycles. The van der Waals surface area contributed by atoms with Crippen LogP contribution in [0.5, 0.6) is 0 Å². The molecule has 1 spiro atoms. The number of carboxylic acid groups (broad SMARTS) is 1. The summed E-state index contributed by atoms with van der Waals surface area (Å²) in [7, 11) is 0. The number of fused-ring (bicyclic) bond motifs is 3. The molecule has 3 aliphatic carbocycles. The fourth-order valence-electron chi connectivity index (χ4n) is 6.69. The van der Waals surface area contributed by atoms with Crippen LogP contribution in [0.4, 0.5) is 0 Å². The van der Waals surface area contributed by atoms with E-state index >= 15 is 0 Å². The van der Waals surface area contributed by atoms with Crippen LogP contribution in [0.3, 0.4) is 0 Å². The third-order valence-electron chi connectivity index (χ3n) is 8.17. The molecule has 6 rings (SSSR count). The molecule has 2 N–H and O–H groups in total. The van der Waals surface area contributed by atoms with Crippen molar-refractivity contribution in [2.24, 2.45) is 28.1 Å². The van der Waals surface area contributed by atoms with Crippen molar-refractivity contribution in [3.05, 3.63) is 11.6 Å². The molecule has 6 heteroatoms. The van der Waals surface area contributed by atoms with E-state index in [9.17, 15) is 19.8 Å². The minimum atomic E-state index is -1.44. The summed E-state index contributed by atoms with van der Waals surface area (Å²) < 4.78 is 11.6. The predicted molar refractivity (Wildman–Crippen MR) is 85.2 cm³/mol. The van der Waals surface area contributed by atoms with Crippen molar-refractivity contribution in [2.75, 3.05) is 6.61 Å². The van der Waals surface area contributed by atoms with E-state index in [1.165, 1.54) is 0 Å². The Morgan fingerprint density at radius 2 is 2.04 bits per heavy atom. The third kappa shape index (κ3) is 1.55. The van der Waals surface area contributed by atoms with Gasteiger partial charge in [-0.15, -0.1) is 0 Å². The molecule has 3 aliphatic heterocycles. The fraction of sp³-hybridized carbons (Fsp3) is 0.789. The molecule has 7 atom stereocenters. The average Bonchev–Trinajstić information content (AvgIpc) is 2.83. The highest BCUT2D eigenvalue weighted by molar-refractivity contribution is 5.82. The van der Waals surface area contributed by atoms with Crippen LogP contribution in [0, 0.1) is 28.1 Å². The second-order valence-electron chi connectivity index (χ2n) is 9.23. The molecule has 3 heterocycles. The highest BCUT2D eigenvalue weighted by Gasteiger charge is 2.78. The van der Waals surface area contributed by atoms with Crippen LogP contribution in [0.15, 0.2) is 11.6 Å². The Labute approximate surface area is 146 Å². The zero-order valence-corrected chi connectivity index (χ0v) is 14.6. The molecule has 25 heavy (non-hydrogen) atoms. The number of carbonyl (C=O) groups excluding carboxylic acids is 1. The van der Waals surface area contributed by atoms with Crippen LogP contribution in [0.2, 0.25) is 0 Å². The number of rotatable bonds is 1. The lowest BCUT2D eigenvalue weighted by molar-refractivity contribution is -0.367. The molecule has 5 fully saturated rings. The van der Waals surface area contributed by atoms with Gasteiger partial charge in [-0.25, -0.2) is 0 Å². The SMILES string of the molecule is C[C@@]1(C(=O)O)CC[C@@H]2C(=C[C@H]3OC(=O)[C@]4(C)[C@H]3[C@]23CC[C@]4(O)OC3)C1. The van der Waals surface area contributed by atoms with Gasteiger partial charge < -0.3 is 19.7 Å². The minimum absolute atomic E-state index is 0.0945. The first kappa shape index (κ1) is 15.8. The molecule has 136 valence electrons. The molecule has 0 aromatic rings. The number of carboxylic acids is 1. The highest BCUT2D eigenvalue weighted by atomic mass is 16.6. The van der Waals surface area contributed by atoms with E-state index in [-0.39, 0.29) is 29.3 Å². The number of hydrogen-bond acceptors (Lipinski definition) is 5. The van der Waals surface area contributed by atoms with Crippen LogP contribution in [0.1, 0.15) is 46.0 Å². The maximum Gasteiger partial charge on any atom is 0.318 e. The number of ether oxygens (including phenoxy) is 2. The summed E-state index contributed by atoms with van der Waals surface area (Å²) in [6.45, 7) is 4.01. The number of aliphatic hydroxyl groups is 1. The molecular weight excluding hydrogens is 324 g/mol. The van der Waals surface area contributed by atoms with Crippen LogP contribution in [-0.4, -0.2) is 40.6 Å². The van der Waals surface area contributed by atoms with Crippen LogP contribution < -0.4 is 0 Å². The maximum absolute atomic E-state index is 12.7. The monoisotopic (exact) mass is 348 g/mol. The summed E-state index contributed by atoms with van der Waals surface area (Å²) >= 11 is 0. The first-order chi connectivity index (χ1) is 11.7. The van der Waals surface area contributed by atoms with Crippen molar-refractivity contribution < 1.29 is 29.3 Å². The molecule has 2 saturated carbocycles. The first-order valence-electron chi connectivity index (χ1n) is 9.18. The number of allylic oxidation sites excluding steroid dienone is 1. The predicted octanol–water partition coefficient (Wildman–Crippen LogP) is 1.86. The van der Waals surface area contributed by atoms with E-state index in [2.05, 4.69) is 0 Å². The third-order valence-corrected chi connectivity index (χ3v) is 8.17. The smallest absolute Gasteiger partial charge is 0.318 e. The fourth-order valence-corrected chi connectivity index (χ4v) is 6.69. The summed E-state index contributed by atoms with van der Waals surface area (Å²) in [5.41, 5.74) is -0.933. The van der Waals surface area contributed by atoms with Gasteiger partial charge in [0.05, 0.1) is 12.0 Å². The van der Waals surface area contributed by atoms with Gasteiger partial charge >= 0.3 is 11.9 Å². The highest BCUT2D eigenvalue weighted by Crippen LogP contribution is 2.71. The Morgan fingerprint density at radius 3 is 2.68 bits per heavy atom. The standard InChI is InChI=1S/C19H24O6/c1-16(14(20)21)4-3-11-10(8-16)7-12-13-17(2,15(22)25-12)19(23)6-5-18(11,13)9-24-19/h7,11-13,23H,3-6,8-9H2,1-2H3,(H,20,21)/t11-,12-,13+,16-,17+,18+,19+/m1/s1. The van der Waals surface area contributed by atoms with E-state index in [0.717, 1.165) is 18.4 Å². The molecule has 0 aromatic heterocycles. The number of carbonyl (C=O) groups is 2. The van der Waals surface area contributed by atoms with Gasteiger partial charge in [-0.1, -0.05) is 5.57 Å². The zero-order valence-electron chi connectivity index (χ0n) is 14.6. The lowest BCUT2D eigenvalue weighted by Gasteiger charge is -2.65. The van der Waals surface area contributed by atoms with E-state index < -0.39 is 22.6 Å². The van der Waals surface area contributed by atoms with Gasteiger partial charge in [0.15, 0.2) is 5.79 Å². The average molecular weight is 348 g/mol. The van der Waals surface area contributed by atoms with E-state index in [1.54, 1.807) is 13.8 Å². The number of aliphatic carboxylic acids is 1. The quantitative estimate of drug-likeness (QED) is 0.555. The van der Waals surface area contributed by atoms with Crippen molar-refractivity contribution in [1.82, 2.24) is 0 Å². The molecule has 0 unspecified atom stereocenters. The summed E-state index contributed by atoms with van der Waals surface area (Å²) in [6.07, 6.45) is 4.74. The van der Waals surface area contributed by atoms with E-state index in [4.69, 9.17) is 9.47 Å². The van der Waals surface area contributed by atoms with Crippen molar-refractivity contribution in [2.45, 2.75) is 57.8 Å². The van der Waals surface area contributed by atoms with Gasteiger partial charge in [-0.2, -0.15) is 0 Å². The molecule has 3 saturated heterocycles. The molecule has 0 amide bonds. The zero-order chi connectivity index (χ0) is 17.8. The van der Waals surface area contributed by atoms with Crippen molar-refractivity contribution in [3.8, 4) is 0 Å². The Kier molecular flexibility index (Phi) is 2.71. The Bertz CT molecular complexity index is 717. The van der Waals surface area contributed by atoms with E-state index in [0.29, 0.717) is 25.9 Å². The van der Waals surface area contributed by atoms with Gasteiger partial charge in [-0.3, -0.25) is 9.59 Å². The Hall–Kier alpha value is -1.40. The lowest BCUT2D eigenvalue weighted by atomic mass is 9.42. The normalized spacial score (nSPS) is 55.9. The number of esters is 1. The second kappa shape index (κ2) is 4.29. The van der Waals surface area contributed by atoms with Gasteiger partial charge in [0, 0.05) is 17.8 Å². The van der Waals surface area contributed by atoms with E-state index in [1.807, 2.05) is 6.08 Å². The van der Waals surface area contributed by atoms with Crippen molar-refractivity contribution in [3.63, 3.8) is 0 Å². The number of hydrogen-bond donors (Lipinski definition) is 2. The van der Waals surface area contributed by atoms with Gasteiger partial charge in [0.2, 0.25) is 0 Å². The molecule has 2 bridgehead atoms. The lowest BCUT2D eigenvalue weighted by Crippen LogP contribution is -2.71. The van der Waals surface area contributed by atoms with Crippen LogP contribution in [0.25, 0.3) is 0 Å². The molecule has 6 nitrogen and oxygen atoms in total. The van der Waals surface area contributed by atoms with Crippen LogP contribution >= 0.6 is 0 Å². The maximum atomic E-state index is 12.7. The minimum Gasteiger partial charge on any atom is -0.481 e. The van der Waals surface area contributed by atoms with Crippen molar-refractivity contribution >= 4 is 11.9 Å².